The van der Waals surface area contributed by atoms with Crippen LogP contribution in [-0.4, -0.2) is 38.2 Å². The highest BCUT2D eigenvalue weighted by Crippen LogP contribution is 2.24. The van der Waals surface area contributed by atoms with Crippen LogP contribution in [-0.2, 0) is 6.42 Å². The lowest BCUT2D eigenvalue weighted by atomic mass is 10.1. The molecule has 1 atom stereocenters. The number of hydrogen-bond donors (Lipinski definition) is 2. The Labute approximate surface area is 146 Å². The lowest BCUT2D eigenvalue weighted by molar-refractivity contribution is 0.0949. The number of carbonyl (C=O) groups excluding carboxylic acids is 1. The van der Waals surface area contributed by atoms with Crippen LogP contribution in [0.5, 0.6) is 11.5 Å². The van der Waals surface area contributed by atoms with Crippen molar-refractivity contribution in [3.63, 3.8) is 0 Å². The van der Waals surface area contributed by atoms with Crippen LogP contribution in [0.25, 0.3) is 0 Å². The van der Waals surface area contributed by atoms with Crippen LogP contribution >= 0.6 is 0 Å². The molecule has 0 radical (unpaired) electrons. The molecule has 1 aromatic carbocycles. The predicted octanol–water partition coefficient (Wildman–Crippen LogP) is 2.09. The predicted molar refractivity (Wildman–Crippen MR) is 92.1 cm³/mol. The van der Waals surface area contributed by atoms with Gasteiger partial charge in [-0.05, 0) is 49.6 Å². The van der Waals surface area contributed by atoms with Crippen molar-refractivity contribution in [1.29, 1.82) is 0 Å². The number of benzene rings is 1. The molecule has 3 rings (SSSR count). The average Bonchev–Trinajstić information content (AvgIpc) is 3.32. The first-order valence-corrected chi connectivity index (χ1v) is 8.39. The van der Waals surface area contributed by atoms with Gasteiger partial charge < -0.3 is 24.5 Å². The summed E-state index contributed by atoms with van der Waals surface area (Å²) in [6, 6.07) is 5.72. The fourth-order valence-electron chi connectivity index (χ4n) is 2.93. The maximum absolute atomic E-state index is 12.2. The standard InChI is InChI=1S/C18H23N3O4/c1-23-13-5-6-16(24-2)12(10-13)7-9-20-17(22)15-11-25-18(21-15)14-4-3-8-19-14/h5-6,10-11,14,19H,3-4,7-9H2,1-2H3,(H,20,22). The van der Waals surface area contributed by atoms with Crippen molar-refractivity contribution < 1.29 is 18.7 Å². The maximum Gasteiger partial charge on any atom is 0.273 e. The van der Waals surface area contributed by atoms with Gasteiger partial charge >= 0.3 is 0 Å². The van der Waals surface area contributed by atoms with Gasteiger partial charge in [-0.1, -0.05) is 0 Å². The third kappa shape index (κ3) is 4.11. The van der Waals surface area contributed by atoms with Crippen LogP contribution in [0.4, 0.5) is 0 Å². The fraction of sp³-hybridized carbons (Fsp3) is 0.444. The van der Waals surface area contributed by atoms with Crippen molar-refractivity contribution in [3.05, 3.63) is 41.6 Å². The Hall–Kier alpha value is -2.54. The number of oxazole rings is 1. The van der Waals surface area contributed by atoms with Gasteiger partial charge in [0.1, 0.15) is 17.8 Å². The van der Waals surface area contributed by atoms with Crippen molar-refractivity contribution in [3.8, 4) is 11.5 Å². The zero-order valence-electron chi connectivity index (χ0n) is 14.5. The van der Waals surface area contributed by atoms with E-state index in [0.717, 1.165) is 36.4 Å². The third-order valence-electron chi connectivity index (χ3n) is 4.28. The normalized spacial score (nSPS) is 16.6. The summed E-state index contributed by atoms with van der Waals surface area (Å²) in [6.07, 6.45) is 4.12. The molecular formula is C18H23N3O4. The zero-order valence-corrected chi connectivity index (χ0v) is 14.5. The minimum atomic E-state index is -0.241. The maximum atomic E-state index is 12.2. The first-order chi connectivity index (χ1) is 12.2. The van der Waals surface area contributed by atoms with Gasteiger partial charge in [0, 0.05) is 6.54 Å². The second-order valence-corrected chi connectivity index (χ2v) is 5.90. The van der Waals surface area contributed by atoms with Crippen LogP contribution in [0, 0.1) is 0 Å². The molecule has 134 valence electrons. The SMILES string of the molecule is COc1ccc(OC)c(CCNC(=O)c2coc(C3CCCN3)n2)c1. The van der Waals surface area contributed by atoms with Crippen LogP contribution < -0.4 is 20.1 Å². The fourth-order valence-corrected chi connectivity index (χ4v) is 2.93. The molecule has 0 saturated carbocycles. The monoisotopic (exact) mass is 345 g/mol. The van der Waals surface area contributed by atoms with E-state index in [-0.39, 0.29) is 11.9 Å². The molecule has 1 unspecified atom stereocenters. The van der Waals surface area contributed by atoms with E-state index in [1.54, 1.807) is 14.2 Å². The molecule has 2 aromatic rings. The van der Waals surface area contributed by atoms with E-state index < -0.39 is 0 Å². The molecule has 0 bridgehead atoms. The van der Waals surface area contributed by atoms with Crippen molar-refractivity contribution in [2.75, 3.05) is 27.3 Å². The highest BCUT2D eigenvalue weighted by molar-refractivity contribution is 5.91. The molecule has 1 amide bonds. The molecule has 1 aliphatic heterocycles. The summed E-state index contributed by atoms with van der Waals surface area (Å²) in [5, 5.41) is 6.16. The Balaban J connectivity index is 1.56. The Bertz CT molecular complexity index is 723. The largest absolute Gasteiger partial charge is 0.497 e. The lowest BCUT2D eigenvalue weighted by Crippen LogP contribution is -2.26. The molecule has 1 aliphatic rings. The van der Waals surface area contributed by atoms with E-state index in [9.17, 15) is 4.79 Å². The molecule has 0 aliphatic carbocycles. The number of aromatic nitrogens is 1. The van der Waals surface area contributed by atoms with Gasteiger partial charge in [-0.3, -0.25) is 4.79 Å². The number of nitrogens with one attached hydrogen (secondary N) is 2. The van der Waals surface area contributed by atoms with E-state index in [1.165, 1.54) is 6.26 Å². The molecule has 7 heteroatoms. The van der Waals surface area contributed by atoms with Gasteiger partial charge in [0.25, 0.3) is 5.91 Å². The molecule has 25 heavy (non-hydrogen) atoms. The van der Waals surface area contributed by atoms with E-state index in [0.29, 0.717) is 24.6 Å². The summed E-state index contributed by atoms with van der Waals surface area (Å²) in [4.78, 5) is 16.5. The molecule has 1 saturated heterocycles. The second kappa shape index (κ2) is 8.02. The summed E-state index contributed by atoms with van der Waals surface area (Å²) in [6.45, 7) is 1.42. The highest BCUT2D eigenvalue weighted by atomic mass is 16.5. The van der Waals surface area contributed by atoms with E-state index in [1.807, 2.05) is 18.2 Å². The summed E-state index contributed by atoms with van der Waals surface area (Å²) >= 11 is 0. The highest BCUT2D eigenvalue weighted by Gasteiger charge is 2.22. The quantitative estimate of drug-likeness (QED) is 0.799. The number of ether oxygens (including phenoxy) is 2. The Morgan fingerprint density at radius 1 is 1.40 bits per heavy atom. The summed E-state index contributed by atoms with van der Waals surface area (Å²) in [5.74, 6) is 1.87. The van der Waals surface area contributed by atoms with E-state index in [4.69, 9.17) is 13.9 Å². The van der Waals surface area contributed by atoms with Gasteiger partial charge in [-0.15, -0.1) is 0 Å². The van der Waals surface area contributed by atoms with Gasteiger partial charge in [0.15, 0.2) is 5.69 Å². The Morgan fingerprint density at radius 3 is 3.00 bits per heavy atom. The molecule has 2 N–H and O–H groups in total. The molecule has 7 nitrogen and oxygen atoms in total. The molecule has 1 aromatic heterocycles. The zero-order chi connectivity index (χ0) is 17.6. The second-order valence-electron chi connectivity index (χ2n) is 5.90. The topological polar surface area (TPSA) is 85.6 Å². The summed E-state index contributed by atoms with van der Waals surface area (Å²) in [5.41, 5.74) is 1.28. The first kappa shape index (κ1) is 17.3. The minimum absolute atomic E-state index is 0.114. The number of methoxy groups -OCH3 is 2. The van der Waals surface area contributed by atoms with E-state index in [2.05, 4.69) is 15.6 Å². The smallest absolute Gasteiger partial charge is 0.273 e. The lowest BCUT2D eigenvalue weighted by Gasteiger charge is -2.10. The van der Waals surface area contributed by atoms with Crippen LogP contribution in [0.2, 0.25) is 0 Å². The van der Waals surface area contributed by atoms with Crippen molar-refractivity contribution >= 4 is 5.91 Å². The molecular weight excluding hydrogens is 322 g/mol. The van der Waals surface area contributed by atoms with Gasteiger partial charge in [-0.25, -0.2) is 4.98 Å². The van der Waals surface area contributed by atoms with Crippen LogP contribution in [0.1, 0.15) is 40.8 Å². The van der Waals surface area contributed by atoms with Gasteiger partial charge in [0.2, 0.25) is 5.89 Å². The van der Waals surface area contributed by atoms with Gasteiger partial charge in [-0.2, -0.15) is 0 Å². The number of rotatable bonds is 7. The number of carbonyl (C=O) groups is 1. The molecule has 1 fully saturated rings. The molecule has 2 heterocycles. The Kier molecular flexibility index (Phi) is 5.55. The minimum Gasteiger partial charge on any atom is -0.497 e. The summed E-state index contributed by atoms with van der Waals surface area (Å²) in [7, 11) is 3.24. The average molecular weight is 345 g/mol. The Morgan fingerprint density at radius 2 is 2.28 bits per heavy atom. The van der Waals surface area contributed by atoms with E-state index >= 15 is 0 Å². The van der Waals surface area contributed by atoms with Crippen molar-refractivity contribution in [1.82, 2.24) is 15.6 Å². The van der Waals surface area contributed by atoms with Crippen LogP contribution in [0.15, 0.2) is 28.9 Å². The molecule has 0 spiro atoms. The van der Waals surface area contributed by atoms with Crippen LogP contribution in [0.3, 0.4) is 0 Å². The van der Waals surface area contributed by atoms with Gasteiger partial charge in [0.05, 0.1) is 20.3 Å². The van der Waals surface area contributed by atoms with Crippen molar-refractivity contribution in [2.45, 2.75) is 25.3 Å². The number of nitrogens with zero attached hydrogens (tertiary/aromatic N) is 1. The van der Waals surface area contributed by atoms with Crippen molar-refractivity contribution in [2.24, 2.45) is 0 Å². The summed E-state index contributed by atoms with van der Waals surface area (Å²) < 4.78 is 16.0. The first-order valence-electron chi connectivity index (χ1n) is 8.39. The number of amides is 1. The third-order valence-corrected chi connectivity index (χ3v) is 4.28. The number of hydrogen-bond acceptors (Lipinski definition) is 6.